The van der Waals surface area contributed by atoms with Gasteiger partial charge in [-0.25, -0.2) is 0 Å². The Kier molecular flexibility index (Phi) is 5.86. The van der Waals surface area contributed by atoms with Crippen molar-refractivity contribution in [3.05, 3.63) is 11.6 Å². The highest BCUT2D eigenvalue weighted by atomic mass is 16.4. The first-order valence-electron chi connectivity index (χ1n) is 9.80. The number of hydrogen-bond donors (Lipinski definition) is 3. The first-order chi connectivity index (χ1) is 12.0. The van der Waals surface area contributed by atoms with Crippen molar-refractivity contribution in [2.24, 2.45) is 17.8 Å². The molecule has 0 bridgehead atoms. The van der Waals surface area contributed by atoms with Crippen LogP contribution in [0.25, 0.3) is 0 Å². The van der Waals surface area contributed by atoms with Gasteiger partial charge in [-0.3, -0.25) is 4.79 Å². The maximum atomic E-state index is 10.6. The molecule has 0 saturated heterocycles. The van der Waals surface area contributed by atoms with Crippen molar-refractivity contribution < 1.29 is 20.1 Å². The minimum absolute atomic E-state index is 0.0270. The Hall–Kier alpha value is -1.31. The predicted molar refractivity (Wildman–Crippen MR) is 95.7 cm³/mol. The summed E-state index contributed by atoms with van der Waals surface area (Å²) in [6.07, 6.45) is 11.1. The molecular formula is C21H30O4. The molecule has 0 amide bonds. The van der Waals surface area contributed by atoms with Gasteiger partial charge in [0.15, 0.2) is 0 Å². The van der Waals surface area contributed by atoms with Crippen molar-refractivity contribution in [2.45, 2.75) is 82.3 Å². The molecule has 3 aliphatic carbocycles. The molecule has 25 heavy (non-hydrogen) atoms. The molecule has 4 atom stereocenters. The van der Waals surface area contributed by atoms with Gasteiger partial charge in [-0.1, -0.05) is 29.9 Å². The first kappa shape index (κ1) is 18.5. The lowest BCUT2D eigenvalue weighted by Crippen LogP contribution is -2.30. The second kappa shape index (κ2) is 7.93. The normalized spacial score (nSPS) is 35.2. The van der Waals surface area contributed by atoms with Gasteiger partial charge in [-0.2, -0.15) is 0 Å². The van der Waals surface area contributed by atoms with E-state index in [1.54, 1.807) is 0 Å². The van der Waals surface area contributed by atoms with Crippen LogP contribution in [0.2, 0.25) is 0 Å². The summed E-state index contributed by atoms with van der Waals surface area (Å²) >= 11 is 0. The summed E-state index contributed by atoms with van der Waals surface area (Å²) in [6.45, 7) is 0. The number of carboxylic acids is 1. The van der Waals surface area contributed by atoms with Crippen LogP contribution < -0.4 is 0 Å². The fourth-order valence-electron chi connectivity index (χ4n) is 4.87. The number of aliphatic hydroxyl groups excluding tert-OH is 1. The molecule has 3 aliphatic rings. The zero-order valence-electron chi connectivity index (χ0n) is 14.9. The zero-order chi connectivity index (χ0) is 17.9. The molecule has 0 aromatic carbocycles. The number of unbranched alkanes of at least 4 members (excludes halogenated alkanes) is 1. The summed E-state index contributed by atoms with van der Waals surface area (Å²) in [5.41, 5.74) is 0.555. The topological polar surface area (TPSA) is 77.8 Å². The van der Waals surface area contributed by atoms with Crippen molar-refractivity contribution in [1.29, 1.82) is 0 Å². The average molecular weight is 346 g/mol. The largest absolute Gasteiger partial charge is 0.481 e. The third kappa shape index (κ3) is 4.65. The van der Waals surface area contributed by atoms with E-state index in [4.69, 9.17) is 5.11 Å². The van der Waals surface area contributed by atoms with Crippen LogP contribution in [0.5, 0.6) is 0 Å². The molecule has 0 heterocycles. The number of allylic oxidation sites excluding steroid dienone is 2. The fraction of sp³-hybridized carbons (Fsp3) is 0.762. The van der Waals surface area contributed by atoms with E-state index < -0.39 is 11.6 Å². The number of aliphatic hydroxyl groups is 2. The SMILES string of the molecule is O=C(O)CCC/C=C1\C[C@@H]2C[C@@H](O)[C@H](C#CC3(O)CCCCC3)[C@@H]2C1. The molecule has 0 aromatic rings. The molecule has 0 aromatic heterocycles. The molecule has 4 heteroatoms. The van der Waals surface area contributed by atoms with Crippen molar-refractivity contribution in [1.82, 2.24) is 0 Å². The van der Waals surface area contributed by atoms with E-state index in [0.29, 0.717) is 18.3 Å². The Balaban J connectivity index is 1.59. The molecule has 3 fully saturated rings. The zero-order valence-corrected chi connectivity index (χ0v) is 14.9. The second-order valence-corrected chi connectivity index (χ2v) is 8.17. The number of carbonyl (C=O) groups is 1. The van der Waals surface area contributed by atoms with Gasteiger partial charge in [0.1, 0.15) is 5.60 Å². The van der Waals surface area contributed by atoms with Gasteiger partial charge in [0.25, 0.3) is 0 Å². The molecule has 3 rings (SSSR count). The van der Waals surface area contributed by atoms with Crippen LogP contribution in [0.3, 0.4) is 0 Å². The Labute approximate surface area is 150 Å². The summed E-state index contributed by atoms with van der Waals surface area (Å²) in [5.74, 6) is 6.50. The average Bonchev–Trinajstić information content (AvgIpc) is 3.07. The van der Waals surface area contributed by atoms with Gasteiger partial charge in [-0.05, 0) is 69.6 Å². The summed E-state index contributed by atoms with van der Waals surface area (Å²) in [6, 6.07) is 0. The quantitative estimate of drug-likeness (QED) is 0.415. The van der Waals surface area contributed by atoms with Crippen LogP contribution in [0, 0.1) is 29.6 Å². The van der Waals surface area contributed by atoms with Crippen LogP contribution in [-0.4, -0.2) is 33.0 Å². The number of fused-ring (bicyclic) bond motifs is 1. The molecule has 0 spiro atoms. The molecule has 3 saturated carbocycles. The van der Waals surface area contributed by atoms with Gasteiger partial charge < -0.3 is 15.3 Å². The summed E-state index contributed by atoms with van der Waals surface area (Å²) < 4.78 is 0. The summed E-state index contributed by atoms with van der Waals surface area (Å²) in [4.78, 5) is 10.6. The van der Waals surface area contributed by atoms with Crippen molar-refractivity contribution in [3.8, 4) is 11.8 Å². The molecule has 0 radical (unpaired) electrons. The maximum absolute atomic E-state index is 10.6. The van der Waals surface area contributed by atoms with Crippen LogP contribution in [-0.2, 0) is 4.79 Å². The molecule has 4 nitrogen and oxygen atoms in total. The van der Waals surface area contributed by atoms with E-state index in [1.807, 2.05) is 0 Å². The maximum Gasteiger partial charge on any atom is 0.303 e. The molecular weight excluding hydrogens is 316 g/mol. The second-order valence-electron chi connectivity index (χ2n) is 8.17. The lowest BCUT2D eigenvalue weighted by atomic mass is 9.84. The molecule has 0 aliphatic heterocycles. The third-order valence-electron chi connectivity index (χ3n) is 6.23. The number of aliphatic carboxylic acids is 1. The Morgan fingerprint density at radius 1 is 1.24 bits per heavy atom. The van der Waals surface area contributed by atoms with E-state index in [-0.39, 0.29) is 18.4 Å². The van der Waals surface area contributed by atoms with Crippen molar-refractivity contribution in [3.63, 3.8) is 0 Å². The fourth-order valence-corrected chi connectivity index (χ4v) is 4.87. The van der Waals surface area contributed by atoms with Crippen molar-refractivity contribution in [2.75, 3.05) is 0 Å². The molecule has 138 valence electrons. The Morgan fingerprint density at radius 2 is 2.00 bits per heavy atom. The van der Waals surface area contributed by atoms with Crippen LogP contribution in [0.4, 0.5) is 0 Å². The smallest absolute Gasteiger partial charge is 0.303 e. The van der Waals surface area contributed by atoms with Crippen LogP contribution in [0.1, 0.15) is 70.6 Å². The monoisotopic (exact) mass is 346 g/mol. The Morgan fingerprint density at radius 3 is 2.72 bits per heavy atom. The highest BCUT2D eigenvalue weighted by Gasteiger charge is 2.45. The minimum atomic E-state index is -0.843. The van der Waals surface area contributed by atoms with Crippen LogP contribution in [0.15, 0.2) is 11.6 Å². The van der Waals surface area contributed by atoms with Gasteiger partial charge in [0.05, 0.1) is 6.10 Å². The van der Waals surface area contributed by atoms with E-state index in [1.165, 1.54) is 12.0 Å². The van der Waals surface area contributed by atoms with Gasteiger partial charge in [-0.15, -0.1) is 0 Å². The molecule has 0 unspecified atom stereocenters. The highest BCUT2D eigenvalue weighted by molar-refractivity contribution is 5.66. The van der Waals surface area contributed by atoms with E-state index in [9.17, 15) is 15.0 Å². The van der Waals surface area contributed by atoms with E-state index >= 15 is 0 Å². The first-order valence-corrected chi connectivity index (χ1v) is 9.80. The lowest BCUT2D eigenvalue weighted by Gasteiger charge is -2.27. The predicted octanol–water partition coefficient (Wildman–Crippen LogP) is 3.27. The van der Waals surface area contributed by atoms with Gasteiger partial charge >= 0.3 is 5.97 Å². The lowest BCUT2D eigenvalue weighted by molar-refractivity contribution is -0.137. The number of carboxylic acid groups (broad SMARTS) is 1. The molecule has 3 N–H and O–H groups in total. The van der Waals surface area contributed by atoms with Gasteiger partial charge in [0.2, 0.25) is 0 Å². The third-order valence-corrected chi connectivity index (χ3v) is 6.23. The van der Waals surface area contributed by atoms with Gasteiger partial charge in [0, 0.05) is 12.3 Å². The summed E-state index contributed by atoms with van der Waals surface area (Å²) in [5, 5.41) is 29.7. The van der Waals surface area contributed by atoms with Crippen LogP contribution >= 0.6 is 0 Å². The number of hydrogen-bond acceptors (Lipinski definition) is 3. The summed E-state index contributed by atoms with van der Waals surface area (Å²) in [7, 11) is 0. The van der Waals surface area contributed by atoms with E-state index in [0.717, 1.165) is 51.4 Å². The Bertz CT molecular complexity index is 576. The number of rotatable bonds is 4. The van der Waals surface area contributed by atoms with Crippen molar-refractivity contribution >= 4 is 5.97 Å². The highest BCUT2D eigenvalue weighted by Crippen LogP contribution is 2.50. The standard InChI is InChI=1S/C21H30O4/c22-19-14-16-12-15(6-2-3-7-20(23)24)13-18(16)17(19)8-11-21(25)9-4-1-5-10-21/h6,16-19,22,25H,1-5,7,9-10,12-14H2,(H,23,24)/b15-6+/t16-,17-,18-,19-/m1/s1. The minimum Gasteiger partial charge on any atom is -0.481 e. The van der Waals surface area contributed by atoms with E-state index in [2.05, 4.69) is 17.9 Å².